The average molecular weight is 149 g/mol. The highest BCUT2D eigenvalue weighted by molar-refractivity contribution is 5.27. The Morgan fingerprint density at radius 3 is 2.82 bits per heavy atom. The Morgan fingerprint density at radius 2 is 2.27 bits per heavy atom. The van der Waals surface area contributed by atoms with E-state index in [2.05, 4.69) is 0 Å². The van der Waals surface area contributed by atoms with Crippen LogP contribution >= 0.6 is 0 Å². The smallest absolute Gasteiger partial charge is 0.286 e. The summed E-state index contributed by atoms with van der Waals surface area (Å²) in [6.45, 7) is 1.70. The maximum atomic E-state index is 11.0. The van der Waals surface area contributed by atoms with E-state index in [0.29, 0.717) is 5.69 Å². The lowest BCUT2D eigenvalue weighted by molar-refractivity contribution is 0.881. The van der Waals surface area contributed by atoms with Gasteiger partial charge in [0.05, 0.1) is 0 Å². The number of nitriles is 1. The fourth-order valence-electron chi connectivity index (χ4n) is 0.731. The standard InChI is InChI=1S/C7H7N3O/c1-5-2-3-6(4-8)7(11)10(5)9/h2-3H,9H2,1H3. The first-order valence-corrected chi connectivity index (χ1v) is 3.04. The Hall–Kier alpha value is -1.76. The Bertz CT molecular complexity index is 372. The molecule has 1 heterocycles. The molecular formula is C7H7N3O. The van der Waals surface area contributed by atoms with Crippen LogP contribution < -0.4 is 11.4 Å². The van der Waals surface area contributed by atoms with Gasteiger partial charge in [-0.05, 0) is 19.1 Å². The maximum Gasteiger partial charge on any atom is 0.286 e. The van der Waals surface area contributed by atoms with Gasteiger partial charge in [0.2, 0.25) is 0 Å². The molecule has 0 saturated heterocycles. The summed E-state index contributed by atoms with van der Waals surface area (Å²) in [6, 6.07) is 4.83. The van der Waals surface area contributed by atoms with Gasteiger partial charge >= 0.3 is 0 Å². The van der Waals surface area contributed by atoms with Crippen LogP contribution in [0.15, 0.2) is 16.9 Å². The molecular weight excluding hydrogens is 142 g/mol. The lowest BCUT2D eigenvalue weighted by Gasteiger charge is -2.00. The van der Waals surface area contributed by atoms with Crippen LogP contribution in [0.3, 0.4) is 0 Å². The van der Waals surface area contributed by atoms with Gasteiger partial charge in [-0.25, -0.2) is 4.68 Å². The largest absolute Gasteiger partial charge is 0.336 e. The fraction of sp³-hybridized carbons (Fsp3) is 0.143. The molecule has 0 fully saturated rings. The number of pyridine rings is 1. The minimum absolute atomic E-state index is 0.0677. The zero-order chi connectivity index (χ0) is 8.43. The van der Waals surface area contributed by atoms with E-state index in [9.17, 15) is 4.79 Å². The van der Waals surface area contributed by atoms with E-state index < -0.39 is 5.56 Å². The summed E-state index contributed by atoms with van der Waals surface area (Å²) in [4.78, 5) is 11.0. The van der Waals surface area contributed by atoms with Gasteiger partial charge < -0.3 is 5.84 Å². The Balaban J connectivity index is 3.53. The number of rotatable bonds is 0. The Morgan fingerprint density at radius 1 is 1.64 bits per heavy atom. The first kappa shape index (κ1) is 7.35. The normalized spacial score (nSPS) is 9.09. The zero-order valence-electron chi connectivity index (χ0n) is 6.03. The molecule has 1 aromatic heterocycles. The molecule has 11 heavy (non-hydrogen) atoms. The average Bonchev–Trinajstić information content (AvgIpc) is 2.01. The molecule has 0 saturated carbocycles. The van der Waals surface area contributed by atoms with Gasteiger partial charge in [-0.15, -0.1) is 0 Å². The fourth-order valence-corrected chi connectivity index (χ4v) is 0.731. The maximum absolute atomic E-state index is 11.0. The summed E-state index contributed by atoms with van der Waals surface area (Å²) >= 11 is 0. The number of aryl methyl sites for hydroxylation is 1. The molecule has 4 nitrogen and oxygen atoms in total. The first-order valence-electron chi connectivity index (χ1n) is 3.04. The minimum Gasteiger partial charge on any atom is -0.336 e. The molecule has 1 rings (SSSR count). The van der Waals surface area contributed by atoms with Gasteiger partial charge in [-0.1, -0.05) is 0 Å². The molecule has 2 N–H and O–H groups in total. The summed E-state index contributed by atoms with van der Waals surface area (Å²) in [7, 11) is 0. The van der Waals surface area contributed by atoms with Gasteiger partial charge in [-0.3, -0.25) is 4.79 Å². The Labute approximate surface area is 63.5 Å². The summed E-state index contributed by atoms with van der Waals surface area (Å²) in [5.74, 6) is 5.31. The molecule has 0 radical (unpaired) electrons. The van der Waals surface area contributed by atoms with E-state index in [1.165, 1.54) is 6.07 Å². The van der Waals surface area contributed by atoms with Crippen LogP contribution in [0.4, 0.5) is 0 Å². The molecule has 1 aromatic rings. The summed E-state index contributed by atoms with van der Waals surface area (Å²) in [6.07, 6.45) is 0. The van der Waals surface area contributed by atoms with Crippen LogP contribution in [-0.2, 0) is 0 Å². The van der Waals surface area contributed by atoms with Gasteiger partial charge in [-0.2, -0.15) is 5.26 Å². The molecule has 0 spiro atoms. The van der Waals surface area contributed by atoms with Crippen LogP contribution in [0.1, 0.15) is 11.3 Å². The molecule has 0 aromatic carbocycles. The number of hydrogen-bond donors (Lipinski definition) is 1. The number of aromatic nitrogens is 1. The lowest BCUT2D eigenvalue weighted by Crippen LogP contribution is -2.30. The topological polar surface area (TPSA) is 71.8 Å². The third kappa shape index (κ3) is 1.08. The molecule has 4 heteroatoms. The van der Waals surface area contributed by atoms with Gasteiger partial charge in [0, 0.05) is 5.69 Å². The lowest BCUT2D eigenvalue weighted by atomic mass is 10.3. The minimum atomic E-state index is -0.451. The van der Waals surface area contributed by atoms with Crippen molar-refractivity contribution in [1.29, 1.82) is 5.26 Å². The molecule has 0 aliphatic heterocycles. The quantitative estimate of drug-likeness (QED) is 0.516. The van der Waals surface area contributed by atoms with E-state index in [-0.39, 0.29) is 5.56 Å². The molecule has 0 aliphatic rings. The zero-order valence-corrected chi connectivity index (χ0v) is 6.03. The predicted octanol–water partition coefficient (Wildman–Crippen LogP) is -0.258. The van der Waals surface area contributed by atoms with Gasteiger partial charge in [0.1, 0.15) is 11.6 Å². The van der Waals surface area contributed by atoms with Crippen LogP contribution in [0.25, 0.3) is 0 Å². The van der Waals surface area contributed by atoms with Crippen molar-refractivity contribution in [2.75, 3.05) is 5.84 Å². The second-order valence-corrected chi connectivity index (χ2v) is 2.18. The van der Waals surface area contributed by atoms with Crippen molar-refractivity contribution in [2.45, 2.75) is 6.92 Å². The van der Waals surface area contributed by atoms with Crippen molar-refractivity contribution >= 4 is 0 Å². The van der Waals surface area contributed by atoms with Crippen molar-refractivity contribution < 1.29 is 0 Å². The molecule has 0 bridgehead atoms. The van der Waals surface area contributed by atoms with Crippen molar-refractivity contribution in [3.63, 3.8) is 0 Å². The van der Waals surface area contributed by atoms with Gasteiger partial charge in [0.15, 0.2) is 0 Å². The second-order valence-electron chi connectivity index (χ2n) is 2.18. The number of nitrogen functional groups attached to an aromatic ring is 1. The number of nitrogens with zero attached hydrogens (tertiary/aromatic N) is 2. The highest BCUT2D eigenvalue weighted by Crippen LogP contribution is 1.92. The monoisotopic (exact) mass is 149 g/mol. The summed E-state index contributed by atoms with van der Waals surface area (Å²) < 4.78 is 0.957. The third-order valence-corrected chi connectivity index (χ3v) is 1.44. The number of hydrogen-bond acceptors (Lipinski definition) is 3. The molecule has 0 aliphatic carbocycles. The predicted molar refractivity (Wildman–Crippen MR) is 40.3 cm³/mol. The number of nitrogens with two attached hydrogens (primary N) is 1. The van der Waals surface area contributed by atoms with Crippen molar-refractivity contribution in [3.05, 3.63) is 33.7 Å². The van der Waals surface area contributed by atoms with Crippen LogP contribution in [0.5, 0.6) is 0 Å². The SMILES string of the molecule is Cc1ccc(C#N)c(=O)n1N. The summed E-state index contributed by atoms with van der Waals surface area (Å²) in [5, 5.41) is 8.41. The highest BCUT2D eigenvalue weighted by Gasteiger charge is 2.00. The van der Waals surface area contributed by atoms with E-state index in [1.54, 1.807) is 19.1 Å². The van der Waals surface area contributed by atoms with E-state index in [4.69, 9.17) is 11.1 Å². The molecule has 0 amide bonds. The van der Waals surface area contributed by atoms with E-state index in [0.717, 1.165) is 4.68 Å². The van der Waals surface area contributed by atoms with Gasteiger partial charge in [0.25, 0.3) is 5.56 Å². The molecule has 0 unspecified atom stereocenters. The molecule has 0 atom stereocenters. The Kier molecular flexibility index (Phi) is 1.65. The van der Waals surface area contributed by atoms with E-state index >= 15 is 0 Å². The highest BCUT2D eigenvalue weighted by atomic mass is 16.1. The van der Waals surface area contributed by atoms with Crippen LogP contribution in [-0.4, -0.2) is 4.68 Å². The summed E-state index contributed by atoms with van der Waals surface area (Å²) in [5.41, 5.74) is 0.250. The molecule has 56 valence electrons. The van der Waals surface area contributed by atoms with Crippen molar-refractivity contribution in [1.82, 2.24) is 4.68 Å². The van der Waals surface area contributed by atoms with Crippen LogP contribution in [0.2, 0.25) is 0 Å². The van der Waals surface area contributed by atoms with Crippen LogP contribution in [0, 0.1) is 18.3 Å². The second kappa shape index (κ2) is 2.46. The third-order valence-electron chi connectivity index (χ3n) is 1.44. The van der Waals surface area contributed by atoms with Crippen molar-refractivity contribution in [2.24, 2.45) is 0 Å². The first-order chi connectivity index (χ1) is 5.16. The van der Waals surface area contributed by atoms with E-state index in [1.807, 2.05) is 0 Å². The van der Waals surface area contributed by atoms with Crippen molar-refractivity contribution in [3.8, 4) is 6.07 Å².